The van der Waals surface area contributed by atoms with Crippen molar-refractivity contribution in [2.75, 3.05) is 18.4 Å². The van der Waals surface area contributed by atoms with Crippen molar-refractivity contribution in [3.8, 4) is 0 Å². The predicted octanol–water partition coefficient (Wildman–Crippen LogP) is 0.851. The van der Waals surface area contributed by atoms with Gasteiger partial charge in [-0.05, 0) is 30.0 Å². The second kappa shape index (κ2) is 8.03. The van der Waals surface area contributed by atoms with Crippen LogP contribution < -0.4 is 10.7 Å². The number of rotatable bonds is 7. The van der Waals surface area contributed by atoms with Crippen molar-refractivity contribution in [1.82, 2.24) is 0 Å². The first kappa shape index (κ1) is 19.5. The maximum atomic E-state index is 11.8. The van der Waals surface area contributed by atoms with Crippen LogP contribution in [0.15, 0.2) is 22.1 Å². The Kier molecular flexibility index (Phi) is 6.02. The van der Waals surface area contributed by atoms with Crippen LogP contribution in [-0.2, 0) is 9.59 Å². The van der Waals surface area contributed by atoms with Crippen molar-refractivity contribution in [3.63, 3.8) is 0 Å². The van der Waals surface area contributed by atoms with E-state index >= 15 is 0 Å². The average Bonchev–Trinajstić information content (AvgIpc) is 2.59. The number of aliphatic imine (C=N–C) groups is 2. The van der Waals surface area contributed by atoms with Crippen LogP contribution >= 0.6 is 0 Å². The molecule has 1 unspecified atom stereocenters. The number of carbonyl (C=O) groups excluding carboxylic acids is 1. The standard InChI is InChI=1S/C19H24N4O3/c1-10(2)7-21-17-11(3)5-13(6-15(17)16(20)12(4)24)14-8-22-18(19(25)26)23-9-14/h5-6,8,10,14,20-21H,7,9H2,1-4H3,(H,25,26)/p+1. The van der Waals surface area contributed by atoms with Crippen LogP contribution in [0, 0.1) is 12.8 Å². The van der Waals surface area contributed by atoms with Gasteiger partial charge in [0.2, 0.25) is 17.3 Å². The maximum Gasteiger partial charge on any atom is 0.373 e. The van der Waals surface area contributed by atoms with E-state index in [4.69, 9.17) is 10.5 Å². The lowest BCUT2D eigenvalue weighted by molar-refractivity contribution is -0.132. The molecule has 1 aliphatic rings. The van der Waals surface area contributed by atoms with E-state index in [1.165, 1.54) is 6.92 Å². The Morgan fingerprint density at radius 1 is 1.38 bits per heavy atom. The third-order valence-corrected chi connectivity index (χ3v) is 4.15. The van der Waals surface area contributed by atoms with Gasteiger partial charge in [-0.25, -0.2) is 9.79 Å². The first-order valence-electron chi connectivity index (χ1n) is 8.54. The molecule has 1 heterocycles. The van der Waals surface area contributed by atoms with Crippen LogP contribution in [0.1, 0.15) is 43.4 Å². The Bertz CT molecular complexity index is 809. The van der Waals surface area contributed by atoms with Crippen molar-refractivity contribution in [2.24, 2.45) is 15.9 Å². The molecular weight excluding hydrogens is 332 g/mol. The van der Waals surface area contributed by atoms with E-state index in [-0.39, 0.29) is 23.2 Å². The fourth-order valence-electron chi connectivity index (χ4n) is 2.72. The van der Waals surface area contributed by atoms with Crippen molar-refractivity contribution in [1.29, 1.82) is 0 Å². The zero-order chi connectivity index (χ0) is 19.4. The topological polar surface area (TPSA) is 117 Å². The molecule has 1 aromatic carbocycles. The van der Waals surface area contributed by atoms with Crippen LogP contribution in [0.5, 0.6) is 0 Å². The summed E-state index contributed by atoms with van der Waals surface area (Å²) >= 11 is 0. The number of anilines is 1. The number of hydrogen-bond acceptors (Lipinski definition) is 5. The molecular formula is C19H25N4O3+. The summed E-state index contributed by atoms with van der Waals surface area (Å²) in [5.41, 5.74) is 3.56. The number of carboxylic acid groups (broad SMARTS) is 1. The van der Waals surface area contributed by atoms with Crippen molar-refractivity contribution >= 4 is 35.2 Å². The summed E-state index contributed by atoms with van der Waals surface area (Å²) < 4.78 is 0. The number of hydrogen-bond donors (Lipinski definition) is 3. The van der Waals surface area contributed by atoms with E-state index in [1.54, 1.807) is 6.21 Å². The number of aryl methyl sites for hydroxylation is 1. The number of carbonyl (C=O) groups is 2. The van der Waals surface area contributed by atoms with Gasteiger partial charge in [-0.2, -0.15) is 0 Å². The molecule has 0 aliphatic carbocycles. The van der Waals surface area contributed by atoms with Gasteiger partial charge in [0.1, 0.15) is 0 Å². The van der Waals surface area contributed by atoms with E-state index in [2.05, 4.69) is 29.1 Å². The minimum Gasteiger partial charge on any atom is -0.475 e. The van der Waals surface area contributed by atoms with Crippen molar-refractivity contribution < 1.29 is 20.1 Å². The second-order valence-corrected chi connectivity index (χ2v) is 6.86. The van der Waals surface area contributed by atoms with Gasteiger partial charge in [0.05, 0.1) is 17.8 Å². The third kappa shape index (κ3) is 4.41. The zero-order valence-corrected chi connectivity index (χ0v) is 15.5. The highest BCUT2D eigenvalue weighted by Crippen LogP contribution is 2.28. The Morgan fingerprint density at radius 2 is 2.08 bits per heavy atom. The monoisotopic (exact) mass is 357 g/mol. The van der Waals surface area contributed by atoms with Gasteiger partial charge in [-0.3, -0.25) is 15.2 Å². The molecule has 0 saturated heterocycles. The van der Waals surface area contributed by atoms with E-state index in [9.17, 15) is 9.59 Å². The number of carboxylic acids is 1. The molecule has 7 nitrogen and oxygen atoms in total. The molecule has 0 bridgehead atoms. The van der Waals surface area contributed by atoms with Crippen LogP contribution in [-0.4, -0.2) is 47.7 Å². The quantitative estimate of drug-likeness (QED) is 0.627. The highest BCUT2D eigenvalue weighted by Gasteiger charge is 2.23. The molecule has 2 rings (SSSR count). The van der Waals surface area contributed by atoms with Gasteiger partial charge in [0, 0.05) is 25.6 Å². The van der Waals surface area contributed by atoms with Crippen molar-refractivity contribution in [3.05, 3.63) is 28.8 Å². The van der Waals surface area contributed by atoms with Gasteiger partial charge in [-0.1, -0.05) is 19.9 Å². The fraction of sp³-hybridized carbons (Fsp3) is 0.421. The minimum absolute atomic E-state index is 0.158. The van der Waals surface area contributed by atoms with Gasteiger partial charge in [0.25, 0.3) is 0 Å². The molecule has 1 aromatic rings. The highest BCUT2D eigenvalue weighted by molar-refractivity contribution is 6.44. The lowest BCUT2D eigenvalue weighted by atomic mass is 9.91. The molecule has 0 amide bonds. The zero-order valence-electron chi connectivity index (χ0n) is 15.5. The van der Waals surface area contributed by atoms with Gasteiger partial charge < -0.3 is 10.4 Å². The lowest BCUT2D eigenvalue weighted by Gasteiger charge is -2.20. The molecule has 0 spiro atoms. The second-order valence-electron chi connectivity index (χ2n) is 6.86. The number of aliphatic carboxylic acids is 1. The molecule has 1 atom stereocenters. The van der Waals surface area contributed by atoms with E-state index < -0.39 is 5.97 Å². The first-order chi connectivity index (χ1) is 12.2. The SMILES string of the molecule is CC(=O)C(=[NH2+])c1cc(C2C=NC(C(=O)O)=NC2)cc(C)c1NCC(C)C. The predicted molar refractivity (Wildman–Crippen MR) is 102 cm³/mol. The number of ketones is 1. The Morgan fingerprint density at radius 3 is 2.58 bits per heavy atom. The molecule has 1 aliphatic heterocycles. The number of amidine groups is 1. The summed E-state index contributed by atoms with van der Waals surface area (Å²) in [5, 5.41) is 18.4. The molecule has 0 fully saturated rings. The van der Waals surface area contributed by atoms with E-state index in [0.29, 0.717) is 18.0 Å². The molecule has 138 valence electrons. The summed E-state index contributed by atoms with van der Waals surface area (Å²) in [5.74, 6) is -1.25. The largest absolute Gasteiger partial charge is 0.475 e. The summed E-state index contributed by atoms with van der Waals surface area (Å²) in [6.45, 7) is 8.65. The normalized spacial score (nSPS) is 16.3. The van der Waals surface area contributed by atoms with Crippen LogP contribution in [0.2, 0.25) is 0 Å². The number of nitrogens with one attached hydrogen (secondary N) is 1. The van der Waals surface area contributed by atoms with Crippen LogP contribution in [0.3, 0.4) is 0 Å². The number of Topliss-reactive ketones (excluding diaryl/α,β-unsaturated/α-hetero) is 1. The minimum atomic E-state index is -1.14. The van der Waals surface area contributed by atoms with Gasteiger partial charge in [-0.15, -0.1) is 0 Å². The average molecular weight is 357 g/mol. The molecule has 0 radical (unpaired) electrons. The molecule has 0 saturated carbocycles. The molecule has 0 aromatic heterocycles. The number of nitrogens with zero attached hydrogens (tertiary/aromatic N) is 2. The third-order valence-electron chi connectivity index (χ3n) is 4.15. The smallest absolute Gasteiger partial charge is 0.373 e. The highest BCUT2D eigenvalue weighted by atomic mass is 16.4. The maximum absolute atomic E-state index is 11.8. The van der Waals surface area contributed by atoms with Crippen LogP contribution in [0.4, 0.5) is 5.69 Å². The lowest BCUT2D eigenvalue weighted by Crippen LogP contribution is -2.45. The number of nitrogens with two attached hydrogens (primary N) is 1. The van der Waals surface area contributed by atoms with Gasteiger partial charge >= 0.3 is 5.97 Å². The fourth-order valence-corrected chi connectivity index (χ4v) is 2.72. The molecule has 26 heavy (non-hydrogen) atoms. The van der Waals surface area contributed by atoms with Crippen LogP contribution in [0.25, 0.3) is 0 Å². The number of benzene rings is 1. The van der Waals surface area contributed by atoms with E-state index in [1.807, 2.05) is 19.1 Å². The first-order valence-corrected chi connectivity index (χ1v) is 8.54. The summed E-state index contributed by atoms with van der Waals surface area (Å²) in [4.78, 5) is 30.7. The Hall–Kier alpha value is -2.83. The molecule has 4 N–H and O–H groups in total. The summed E-state index contributed by atoms with van der Waals surface area (Å²) in [6, 6.07) is 3.86. The van der Waals surface area contributed by atoms with Crippen molar-refractivity contribution in [2.45, 2.75) is 33.6 Å². The molecule has 7 heteroatoms. The Balaban J connectivity index is 2.41. The summed E-state index contributed by atoms with van der Waals surface area (Å²) in [6.07, 6.45) is 1.58. The summed E-state index contributed by atoms with van der Waals surface area (Å²) in [7, 11) is 0. The Labute approximate surface area is 152 Å². The van der Waals surface area contributed by atoms with E-state index in [0.717, 1.165) is 23.4 Å². The van der Waals surface area contributed by atoms with Gasteiger partial charge in [0.15, 0.2) is 0 Å².